The fourth-order valence-electron chi connectivity index (χ4n) is 5.92. The minimum absolute atomic E-state index is 0.541. The SMILES string of the molecule is CC1(C)CC(CN2CCOCC2)[C@@H]1CCN1CCC(c2ccccc2)CC1. The first-order valence-electron chi connectivity index (χ1n) is 11.2. The molecular weight excluding hydrogens is 332 g/mol. The number of morpholine rings is 1. The average Bonchev–Trinajstić information content (AvgIpc) is 2.69. The largest absolute Gasteiger partial charge is 0.379 e. The number of likely N-dealkylation sites (tertiary alicyclic amines) is 1. The van der Waals surface area contributed by atoms with E-state index in [-0.39, 0.29) is 0 Å². The molecule has 2 saturated heterocycles. The summed E-state index contributed by atoms with van der Waals surface area (Å²) in [6.07, 6.45) is 5.45. The molecule has 2 heterocycles. The van der Waals surface area contributed by atoms with E-state index in [1.54, 1.807) is 5.56 Å². The lowest BCUT2D eigenvalue weighted by molar-refractivity contribution is -0.0564. The van der Waals surface area contributed by atoms with E-state index in [0.717, 1.165) is 44.1 Å². The normalized spacial score (nSPS) is 30.1. The van der Waals surface area contributed by atoms with Crippen LogP contribution in [0.15, 0.2) is 30.3 Å². The van der Waals surface area contributed by atoms with Crippen LogP contribution >= 0.6 is 0 Å². The summed E-state index contributed by atoms with van der Waals surface area (Å²) in [5, 5.41) is 0. The van der Waals surface area contributed by atoms with E-state index in [0.29, 0.717) is 5.41 Å². The lowest BCUT2D eigenvalue weighted by Crippen LogP contribution is -2.51. The summed E-state index contributed by atoms with van der Waals surface area (Å²) >= 11 is 0. The van der Waals surface area contributed by atoms with Crippen molar-refractivity contribution in [3.63, 3.8) is 0 Å². The van der Waals surface area contributed by atoms with Crippen LogP contribution in [-0.4, -0.2) is 62.3 Å². The molecule has 3 nitrogen and oxygen atoms in total. The number of nitrogens with zero attached hydrogens (tertiary/aromatic N) is 2. The van der Waals surface area contributed by atoms with Gasteiger partial charge in [0.15, 0.2) is 0 Å². The first kappa shape index (κ1) is 19.4. The zero-order valence-corrected chi connectivity index (χ0v) is 17.4. The molecule has 0 radical (unpaired) electrons. The number of ether oxygens (including phenoxy) is 1. The Balaban J connectivity index is 1.23. The maximum atomic E-state index is 5.52. The van der Waals surface area contributed by atoms with Crippen molar-refractivity contribution in [3.8, 4) is 0 Å². The van der Waals surface area contributed by atoms with Crippen LogP contribution in [-0.2, 0) is 4.74 Å². The molecule has 1 aromatic carbocycles. The highest BCUT2D eigenvalue weighted by molar-refractivity contribution is 5.20. The lowest BCUT2D eigenvalue weighted by atomic mass is 9.54. The van der Waals surface area contributed by atoms with Gasteiger partial charge in [-0.15, -0.1) is 0 Å². The van der Waals surface area contributed by atoms with E-state index < -0.39 is 0 Å². The highest BCUT2D eigenvalue weighted by Gasteiger charge is 2.47. The van der Waals surface area contributed by atoms with Crippen molar-refractivity contribution in [2.75, 3.05) is 52.5 Å². The van der Waals surface area contributed by atoms with Crippen molar-refractivity contribution in [1.82, 2.24) is 9.80 Å². The Morgan fingerprint density at radius 3 is 2.33 bits per heavy atom. The molecule has 3 heteroatoms. The van der Waals surface area contributed by atoms with Crippen LogP contribution in [0.1, 0.15) is 51.0 Å². The number of hydrogen-bond donors (Lipinski definition) is 0. The molecule has 0 amide bonds. The fourth-order valence-corrected chi connectivity index (χ4v) is 5.92. The number of piperidine rings is 1. The summed E-state index contributed by atoms with van der Waals surface area (Å²) in [7, 11) is 0. The predicted octanol–water partition coefficient (Wildman–Crippen LogP) is 4.25. The minimum atomic E-state index is 0.541. The Morgan fingerprint density at radius 1 is 0.963 bits per heavy atom. The Hall–Kier alpha value is -0.900. The molecule has 0 N–H and O–H groups in total. The summed E-state index contributed by atoms with van der Waals surface area (Å²) in [6.45, 7) is 14.3. The van der Waals surface area contributed by atoms with Crippen LogP contribution < -0.4 is 0 Å². The maximum absolute atomic E-state index is 5.52. The van der Waals surface area contributed by atoms with Crippen LogP contribution in [0.4, 0.5) is 0 Å². The van der Waals surface area contributed by atoms with Gasteiger partial charge in [-0.05, 0) is 74.0 Å². The van der Waals surface area contributed by atoms with Gasteiger partial charge in [0.2, 0.25) is 0 Å². The van der Waals surface area contributed by atoms with Gasteiger partial charge in [0, 0.05) is 19.6 Å². The number of rotatable bonds is 6. The van der Waals surface area contributed by atoms with Gasteiger partial charge in [0.1, 0.15) is 0 Å². The third-order valence-corrected chi connectivity index (χ3v) is 7.57. The molecule has 4 rings (SSSR count). The molecule has 27 heavy (non-hydrogen) atoms. The molecule has 1 aliphatic carbocycles. The third-order valence-electron chi connectivity index (χ3n) is 7.57. The highest BCUT2D eigenvalue weighted by Crippen LogP contribution is 2.52. The second kappa shape index (κ2) is 8.63. The standard InChI is InChI=1S/C24H38N2O/c1-24(2)18-22(19-26-14-16-27-17-15-26)23(24)10-13-25-11-8-21(9-12-25)20-6-4-3-5-7-20/h3-7,21-23H,8-19H2,1-2H3/t22?,23-/m0/s1. The molecule has 0 spiro atoms. The Morgan fingerprint density at radius 2 is 1.67 bits per heavy atom. The van der Waals surface area contributed by atoms with Gasteiger partial charge < -0.3 is 9.64 Å². The fraction of sp³-hybridized carbons (Fsp3) is 0.750. The van der Waals surface area contributed by atoms with Crippen molar-refractivity contribution in [3.05, 3.63) is 35.9 Å². The number of hydrogen-bond acceptors (Lipinski definition) is 3. The van der Waals surface area contributed by atoms with E-state index in [9.17, 15) is 0 Å². The van der Waals surface area contributed by atoms with Crippen LogP contribution in [0.5, 0.6) is 0 Å². The zero-order valence-electron chi connectivity index (χ0n) is 17.4. The van der Waals surface area contributed by atoms with E-state index in [2.05, 4.69) is 54.0 Å². The van der Waals surface area contributed by atoms with Gasteiger partial charge >= 0.3 is 0 Å². The van der Waals surface area contributed by atoms with E-state index in [1.165, 1.54) is 51.9 Å². The second-order valence-electron chi connectivity index (χ2n) is 9.79. The molecule has 1 aromatic rings. The topological polar surface area (TPSA) is 15.7 Å². The predicted molar refractivity (Wildman–Crippen MR) is 112 cm³/mol. The van der Waals surface area contributed by atoms with Crippen molar-refractivity contribution in [1.29, 1.82) is 0 Å². The van der Waals surface area contributed by atoms with Crippen molar-refractivity contribution < 1.29 is 4.74 Å². The lowest BCUT2D eigenvalue weighted by Gasteiger charge is -2.54. The first-order chi connectivity index (χ1) is 13.1. The third kappa shape index (κ3) is 4.75. The van der Waals surface area contributed by atoms with Crippen LogP contribution in [0.25, 0.3) is 0 Å². The first-order valence-corrected chi connectivity index (χ1v) is 11.2. The van der Waals surface area contributed by atoms with Gasteiger partial charge in [-0.2, -0.15) is 0 Å². The summed E-state index contributed by atoms with van der Waals surface area (Å²) in [5.74, 6) is 2.57. The maximum Gasteiger partial charge on any atom is 0.0594 e. The quantitative estimate of drug-likeness (QED) is 0.744. The molecule has 2 aliphatic heterocycles. The van der Waals surface area contributed by atoms with Crippen molar-refractivity contribution in [2.45, 2.75) is 45.4 Å². The Bertz CT molecular complexity index is 573. The zero-order chi connectivity index (χ0) is 18.7. The summed E-state index contributed by atoms with van der Waals surface area (Å²) in [6, 6.07) is 11.1. The molecule has 3 aliphatic rings. The molecule has 150 valence electrons. The number of benzene rings is 1. The van der Waals surface area contributed by atoms with Crippen LogP contribution in [0.2, 0.25) is 0 Å². The van der Waals surface area contributed by atoms with Gasteiger partial charge in [-0.1, -0.05) is 44.2 Å². The van der Waals surface area contributed by atoms with E-state index in [4.69, 9.17) is 4.74 Å². The van der Waals surface area contributed by atoms with Gasteiger partial charge in [-0.25, -0.2) is 0 Å². The molecule has 1 saturated carbocycles. The Kier molecular flexibility index (Phi) is 6.21. The Labute approximate surface area is 166 Å². The molecule has 2 atom stereocenters. The summed E-state index contributed by atoms with van der Waals surface area (Å²) in [5.41, 5.74) is 2.09. The van der Waals surface area contributed by atoms with E-state index >= 15 is 0 Å². The average molecular weight is 371 g/mol. The molecule has 0 aromatic heterocycles. The second-order valence-corrected chi connectivity index (χ2v) is 9.79. The van der Waals surface area contributed by atoms with Crippen molar-refractivity contribution in [2.24, 2.45) is 17.3 Å². The molecule has 0 bridgehead atoms. The summed E-state index contributed by atoms with van der Waals surface area (Å²) < 4.78 is 5.52. The smallest absolute Gasteiger partial charge is 0.0594 e. The van der Waals surface area contributed by atoms with Crippen LogP contribution in [0.3, 0.4) is 0 Å². The van der Waals surface area contributed by atoms with Gasteiger partial charge in [-0.3, -0.25) is 4.90 Å². The van der Waals surface area contributed by atoms with Gasteiger partial charge in [0.05, 0.1) is 13.2 Å². The monoisotopic (exact) mass is 370 g/mol. The van der Waals surface area contributed by atoms with E-state index in [1.807, 2.05) is 0 Å². The van der Waals surface area contributed by atoms with Crippen molar-refractivity contribution >= 4 is 0 Å². The van der Waals surface area contributed by atoms with Crippen LogP contribution in [0, 0.1) is 17.3 Å². The molecule has 1 unspecified atom stereocenters. The van der Waals surface area contributed by atoms with Gasteiger partial charge in [0.25, 0.3) is 0 Å². The minimum Gasteiger partial charge on any atom is -0.379 e. The summed E-state index contributed by atoms with van der Waals surface area (Å²) in [4.78, 5) is 5.38. The molecular formula is C24H38N2O. The molecule has 3 fully saturated rings. The highest BCUT2D eigenvalue weighted by atomic mass is 16.5.